The van der Waals surface area contributed by atoms with Gasteiger partial charge in [0, 0.05) is 5.39 Å². The minimum Gasteiger partial charge on any atom is -0.360 e. The van der Waals surface area contributed by atoms with Crippen molar-refractivity contribution in [1.82, 2.24) is 10.3 Å². The van der Waals surface area contributed by atoms with E-state index >= 15 is 0 Å². The Kier molecular flexibility index (Phi) is 3.33. The smallest absolute Gasteiger partial charge is 0.265 e. The van der Waals surface area contributed by atoms with Gasteiger partial charge >= 0.3 is 0 Å². The summed E-state index contributed by atoms with van der Waals surface area (Å²) in [6.45, 7) is 0. The second kappa shape index (κ2) is 5.68. The Balaban J connectivity index is 1.60. The first-order valence-corrected chi connectivity index (χ1v) is 9.59. The van der Waals surface area contributed by atoms with Crippen LogP contribution in [0.1, 0.15) is 21.4 Å². The van der Waals surface area contributed by atoms with Crippen molar-refractivity contribution in [3.63, 3.8) is 0 Å². The van der Waals surface area contributed by atoms with Gasteiger partial charge in [0.15, 0.2) is 0 Å². The predicted molar refractivity (Wildman–Crippen MR) is 103 cm³/mol. The number of nitrogens with zero attached hydrogens (tertiary/aromatic N) is 1. The molecule has 5 rings (SSSR count). The number of nitrogens with one attached hydrogen (secondary N) is 2. The van der Waals surface area contributed by atoms with Crippen LogP contribution in [0.4, 0.5) is 5.69 Å². The molecule has 25 heavy (non-hydrogen) atoms. The minimum atomic E-state index is -0.226. The highest BCUT2D eigenvalue weighted by molar-refractivity contribution is 7.21. The summed E-state index contributed by atoms with van der Waals surface area (Å²) >= 11 is 3.10. The molecule has 1 atom stereocenters. The molecule has 4 heterocycles. The number of aromatic nitrogens is 1. The Morgan fingerprint density at radius 1 is 0.960 bits per heavy atom. The highest BCUT2D eigenvalue weighted by Crippen LogP contribution is 2.40. The van der Waals surface area contributed by atoms with Crippen molar-refractivity contribution in [3.8, 4) is 10.6 Å². The van der Waals surface area contributed by atoms with Crippen LogP contribution in [0.15, 0.2) is 60.0 Å². The van der Waals surface area contributed by atoms with E-state index in [0.29, 0.717) is 4.88 Å². The van der Waals surface area contributed by atoms with Gasteiger partial charge in [-0.05, 0) is 29.1 Å². The number of thiophene rings is 2. The molecule has 2 N–H and O–H groups in total. The molecule has 0 radical (unpaired) electrons. The molecule has 6 heteroatoms. The van der Waals surface area contributed by atoms with Crippen LogP contribution in [0.3, 0.4) is 0 Å². The van der Waals surface area contributed by atoms with E-state index < -0.39 is 0 Å². The maximum Gasteiger partial charge on any atom is 0.265 e. The normalized spacial score (nSPS) is 16.3. The summed E-state index contributed by atoms with van der Waals surface area (Å²) in [5.74, 6) is -0.0525. The SMILES string of the molecule is O=C1NC(c2ccccc2)Nc2c1sc1nc(-c3cccs3)ccc21. The molecule has 1 aliphatic rings. The molecular formula is C19H13N3OS2. The van der Waals surface area contributed by atoms with Crippen LogP contribution < -0.4 is 10.6 Å². The third-order valence-corrected chi connectivity index (χ3v) is 6.22. The molecule has 0 saturated heterocycles. The number of fused-ring (bicyclic) bond motifs is 3. The lowest BCUT2D eigenvalue weighted by molar-refractivity contribution is 0.0940. The molecule has 4 aromatic rings. The molecule has 122 valence electrons. The average Bonchev–Trinajstić information content (AvgIpc) is 3.30. The summed E-state index contributed by atoms with van der Waals surface area (Å²) in [5.41, 5.74) is 2.85. The van der Waals surface area contributed by atoms with Crippen LogP contribution in [0.25, 0.3) is 20.8 Å². The van der Waals surface area contributed by atoms with Crippen molar-refractivity contribution in [2.75, 3.05) is 5.32 Å². The molecule has 0 bridgehead atoms. The summed E-state index contributed by atoms with van der Waals surface area (Å²) in [6, 6.07) is 18.1. The van der Waals surface area contributed by atoms with Crippen molar-refractivity contribution in [3.05, 3.63) is 70.4 Å². The van der Waals surface area contributed by atoms with Crippen molar-refractivity contribution in [2.24, 2.45) is 0 Å². The fourth-order valence-electron chi connectivity index (χ4n) is 3.03. The summed E-state index contributed by atoms with van der Waals surface area (Å²) in [7, 11) is 0. The molecule has 3 aromatic heterocycles. The van der Waals surface area contributed by atoms with Gasteiger partial charge in [-0.25, -0.2) is 4.98 Å². The molecule has 1 unspecified atom stereocenters. The van der Waals surface area contributed by atoms with Crippen LogP contribution in [-0.2, 0) is 0 Å². The third-order valence-electron chi connectivity index (χ3n) is 4.23. The van der Waals surface area contributed by atoms with Gasteiger partial charge in [0.05, 0.1) is 16.3 Å². The van der Waals surface area contributed by atoms with E-state index in [4.69, 9.17) is 4.98 Å². The van der Waals surface area contributed by atoms with Crippen LogP contribution >= 0.6 is 22.7 Å². The zero-order valence-electron chi connectivity index (χ0n) is 13.0. The lowest BCUT2D eigenvalue weighted by atomic mass is 10.1. The third kappa shape index (κ3) is 2.42. The van der Waals surface area contributed by atoms with E-state index in [2.05, 4.69) is 22.8 Å². The number of pyridine rings is 1. The highest BCUT2D eigenvalue weighted by Gasteiger charge is 2.29. The molecule has 1 aliphatic heterocycles. The van der Waals surface area contributed by atoms with Crippen molar-refractivity contribution < 1.29 is 4.79 Å². The fraction of sp³-hybridized carbons (Fsp3) is 0.0526. The average molecular weight is 363 g/mol. The molecule has 0 spiro atoms. The summed E-state index contributed by atoms with van der Waals surface area (Å²) in [4.78, 5) is 20.1. The quantitative estimate of drug-likeness (QED) is 0.534. The molecule has 1 aromatic carbocycles. The maximum absolute atomic E-state index is 12.6. The van der Waals surface area contributed by atoms with Gasteiger partial charge in [-0.2, -0.15) is 0 Å². The number of benzene rings is 1. The predicted octanol–water partition coefficient (Wildman–Crippen LogP) is 4.88. The van der Waals surface area contributed by atoms with Crippen molar-refractivity contribution in [1.29, 1.82) is 0 Å². The Morgan fingerprint density at radius 2 is 1.84 bits per heavy atom. The standard InChI is InChI=1S/C19H13N3OS2/c23-18-16-15(21-17(22-18)11-5-2-1-3-6-11)12-8-9-13(20-19(12)25-16)14-7-4-10-24-14/h1-10,17,21H,(H,22,23). The van der Waals surface area contributed by atoms with Crippen molar-refractivity contribution >= 4 is 44.5 Å². The van der Waals surface area contributed by atoms with Crippen LogP contribution in [0.2, 0.25) is 0 Å². The largest absolute Gasteiger partial charge is 0.360 e. The zero-order chi connectivity index (χ0) is 16.8. The Bertz CT molecular complexity index is 1070. The lowest BCUT2D eigenvalue weighted by Crippen LogP contribution is -2.37. The van der Waals surface area contributed by atoms with E-state index in [1.165, 1.54) is 11.3 Å². The number of rotatable bonds is 2. The Morgan fingerprint density at radius 3 is 2.64 bits per heavy atom. The van der Waals surface area contributed by atoms with Crippen LogP contribution in [0.5, 0.6) is 0 Å². The first kappa shape index (κ1) is 14.6. The summed E-state index contributed by atoms with van der Waals surface area (Å²) in [5, 5.41) is 9.53. The fourth-order valence-corrected chi connectivity index (χ4v) is 4.77. The number of carbonyl (C=O) groups excluding carboxylic acids is 1. The number of hydrogen-bond acceptors (Lipinski definition) is 5. The van der Waals surface area contributed by atoms with Crippen LogP contribution in [-0.4, -0.2) is 10.9 Å². The number of amides is 1. The maximum atomic E-state index is 12.6. The number of hydrogen-bond donors (Lipinski definition) is 2. The summed E-state index contributed by atoms with van der Waals surface area (Å²) in [6.07, 6.45) is -0.226. The Hall–Kier alpha value is -2.70. The first-order valence-electron chi connectivity index (χ1n) is 7.89. The molecule has 4 nitrogen and oxygen atoms in total. The van der Waals surface area contributed by atoms with Gasteiger partial charge in [0.2, 0.25) is 0 Å². The van der Waals surface area contributed by atoms with Gasteiger partial charge in [-0.3, -0.25) is 4.79 Å². The first-order chi connectivity index (χ1) is 12.3. The van der Waals surface area contributed by atoms with Crippen LogP contribution in [0, 0.1) is 0 Å². The monoisotopic (exact) mass is 363 g/mol. The molecule has 1 amide bonds. The Labute approximate surface area is 152 Å². The van der Waals surface area contributed by atoms with E-state index in [9.17, 15) is 4.79 Å². The number of carbonyl (C=O) groups is 1. The van der Waals surface area contributed by atoms with E-state index in [-0.39, 0.29) is 12.1 Å². The topological polar surface area (TPSA) is 54.0 Å². The minimum absolute atomic E-state index is 0.0525. The van der Waals surface area contributed by atoms with Gasteiger partial charge < -0.3 is 10.6 Å². The van der Waals surface area contributed by atoms with Gasteiger partial charge in [0.1, 0.15) is 15.9 Å². The van der Waals surface area contributed by atoms with E-state index in [1.54, 1.807) is 11.3 Å². The van der Waals surface area contributed by atoms with Gasteiger partial charge in [0.25, 0.3) is 5.91 Å². The van der Waals surface area contributed by atoms with E-state index in [0.717, 1.165) is 32.0 Å². The molecule has 0 fully saturated rings. The molecular weight excluding hydrogens is 350 g/mol. The summed E-state index contributed by atoms with van der Waals surface area (Å²) < 4.78 is 0. The highest BCUT2D eigenvalue weighted by atomic mass is 32.1. The molecule has 0 saturated carbocycles. The second-order valence-corrected chi connectivity index (χ2v) is 7.74. The molecule has 0 aliphatic carbocycles. The lowest BCUT2D eigenvalue weighted by Gasteiger charge is -2.26. The second-order valence-electron chi connectivity index (χ2n) is 5.79. The zero-order valence-corrected chi connectivity index (χ0v) is 14.7. The van der Waals surface area contributed by atoms with Crippen molar-refractivity contribution in [2.45, 2.75) is 6.17 Å². The van der Waals surface area contributed by atoms with E-state index in [1.807, 2.05) is 47.8 Å². The number of anilines is 1. The van der Waals surface area contributed by atoms with Gasteiger partial charge in [-0.1, -0.05) is 36.4 Å². The van der Waals surface area contributed by atoms with Gasteiger partial charge in [-0.15, -0.1) is 22.7 Å².